The molecule has 0 spiro atoms. The number of ether oxygens (including phenoxy) is 1. The molecule has 0 unspecified atom stereocenters. The van der Waals surface area contributed by atoms with Gasteiger partial charge in [0.25, 0.3) is 0 Å². The summed E-state index contributed by atoms with van der Waals surface area (Å²) in [5.41, 5.74) is 1.94. The quantitative estimate of drug-likeness (QED) is 0.445. The molecule has 1 aromatic rings. The third-order valence-corrected chi connectivity index (χ3v) is 5.34. The standard InChI is InChI=1S/C22H32O3/c1-3-5-6-7-16-25-20-14-12-18(13-15-20)17-8-10-19(11-9-17)21(4-2)22(23)24/h4,12-15,17,19H,3,5-11,16H2,1-2H3,(H,23,24)/t17-,19-. The number of carbonyl (C=O) groups is 1. The Kier molecular flexibility index (Phi) is 8.03. The number of rotatable bonds is 9. The second-order valence-electron chi connectivity index (χ2n) is 7.08. The van der Waals surface area contributed by atoms with Crippen LogP contribution >= 0.6 is 0 Å². The molecule has 1 N–H and O–H groups in total. The monoisotopic (exact) mass is 344 g/mol. The molecular weight excluding hydrogens is 312 g/mol. The molecule has 0 bridgehead atoms. The highest BCUT2D eigenvalue weighted by Crippen LogP contribution is 2.39. The molecule has 1 aliphatic carbocycles. The summed E-state index contributed by atoms with van der Waals surface area (Å²) in [6.07, 6.45) is 10.7. The molecule has 1 fully saturated rings. The van der Waals surface area contributed by atoms with E-state index in [0.717, 1.165) is 44.5 Å². The van der Waals surface area contributed by atoms with Gasteiger partial charge in [-0.05, 0) is 68.6 Å². The number of hydrogen-bond donors (Lipinski definition) is 1. The summed E-state index contributed by atoms with van der Waals surface area (Å²) in [6.45, 7) is 4.84. The van der Waals surface area contributed by atoms with Crippen molar-refractivity contribution in [3.8, 4) is 5.75 Å². The van der Waals surface area contributed by atoms with Gasteiger partial charge in [-0.2, -0.15) is 0 Å². The lowest BCUT2D eigenvalue weighted by Crippen LogP contribution is -2.19. The lowest BCUT2D eigenvalue weighted by Gasteiger charge is -2.29. The fraction of sp³-hybridized carbons (Fsp3) is 0.591. The normalized spacial score (nSPS) is 21.1. The Morgan fingerprint density at radius 2 is 1.80 bits per heavy atom. The Morgan fingerprint density at radius 3 is 2.36 bits per heavy atom. The molecule has 138 valence electrons. The summed E-state index contributed by atoms with van der Waals surface area (Å²) >= 11 is 0. The summed E-state index contributed by atoms with van der Waals surface area (Å²) in [7, 11) is 0. The van der Waals surface area contributed by atoms with Gasteiger partial charge in [0.15, 0.2) is 0 Å². The van der Waals surface area contributed by atoms with Crippen LogP contribution in [0.5, 0.6) is 5.75 Å². The highest BCUT2D eigenvalue weighted by atomic mass is 16.5. The molecular formula is C22H32O3. The van der Waals surface area contributed by atoms with Crippen molar-refractivity contribution in [1.29, 1.82) is 0 Å². The molecule has 0 aromatic heterocycles. The first-order chi connectivity index (χ1) is 12.2. The van der Waals surface area contributed by atoms with Crippen LogP contribution in [0.3, 0.4) is 0 Å². The summed E-state index contributed by atoms with van der Waals surface area (Å²) in [6, 6.07) is 8.52. The second-order valence-corrected chi connectivity index (χ2v) is 7.08. The van der Waals surface area contributed by atoms with Crippen LogP contribution in [-0.2, 0) is 4.79 Å². The summed E-state index contributed by atoms with van der Waals surface area (Å²) < 4.78 is 5.81. The van der Waals surface area contributed by atoms with Crippen molar-refractivity contribution in [3.05, 3.63) is 41.5 Å². The molecule has 0 aliphatic heterocycles. The molecule has 0 heterocycles. The zero-order valence-electron chi connectivity index (χ0n) is 15.7. The van der Waals surface area contributed by atoms with Gasteiger partial charge < -0.3 is 9.84 Å². The third kappa shape index (κ3) is 5.91. The van der Waals surface area contributed by atoms with E-state index in [1.54, 1.807) is 6.08 Å². The van der Waals surface area contributed by atoms with E-state index in [1.165, 1.54) is 24.8 Å². The Balaban J connectivity index is 1.80. The Labute approximate surface area is 152 Å². The van der Waals surface area contributed by atoms with Crippen LogP contribution in [0, 0.1) is 5.92 Å². The van der Waals surface area contributed by atoms with Gasteiger partial charge in [-0.1, -0.05) is 44.4 Å². The molecule has 0 radical (unpaired) electrons. The maximum Gasteiger partial charge on any atom is 0.331 e. The fourth-order valence-electron chi connectivity index (χ4n) is 3.83. The molecule has 1 aromatic carbocycles. The van der Waals surface area contributed by atoms with Crippen LogP contribution in [0.2, 0.25) is 0 Å². The van der Waals surface area contributed by atoms with Crippen molar-refractivity contribution in [3.63, 3.8) is 0 Å². The molecule has 25 heavy (non-hydrogen) atoms. The minimum atomic E-state index is -0.758. The smallest absolute Gasteiger partial charge is 0.331 e. The van der Waals surface area contributed by atoms with E-state index in [-0.39, 0.29) is 5.92 Å². The Morgan fingerprint density at radius 1 is 1.12 bits per heavy atom. The van der Waals surface area contributed by atoms with Crippen LogP contribution in [0.1, 0.15) is 76.7 Å². The van der Waals surface area contributed by atoms with Gasteiger partial charge in [-0.3, -0.25) is 0 Å². The molecule has 1 saturated carbocycles. The molecule has 3 nitrogen and oxygen atoms in total. The maximum atomic E-state index is 11.3. The molecule has 0 atom stereocenters. The predicted molar refractivity (Wildman–Crippen MR) is 102 cm³/mol. The summed E-state index contributed by atoms with van der Waals surface area (Å²) in [4.78, 5) is 11.3. The minimum Gasteiger partial charge on any atom is -0.494 e. The highest BCUT2D eigenvalue weighted by molar-refractivity contribution is 5.87. The van der Waals surface area contributed by atoms with E-state index < -0.39 is 5.97 Å². The second kappa shape index (κ2) is 10.3. The number of allylic oxidation sites excluding steroid dienone is 1. The molecule has 3 heteroatoms. The fourth-order valence-corrected chi connectivity index (χ4v) is 3.83. The maximum absolute atomic E-state index is 11.3. The predicted octanol–water partition coefficient (Wildman–Crippen LogP) is 5.95. The zero-order valence-corrected chi connectivity index (χ0v) is 15.7. The lowest BCUT2D eigenvalue weighted by molar-refractivity contribution is -0.133. The first-order valence-corrected chi connectivity index (χ1v) is 9.78. The van der Waals surface area contributed by atoms with E-state index >= 15 is 0 Å². The highest BCUT2D eigenvalue weighted by Gasteiger charge is 2.27. The van der Waals surface area contributed by atoms with Gasteiger partial charge >= 0.3 is 5.97 Å². The number of carboxylic acid groups (broad SMARTS) is 1. The van der Waals surface area contributed by atoms with Gasteiger partial charge in [-0.25, -0.2) is 4.79 Å². The minimum absolute atomic E-state index is 0.212. The third-order valence-electron chi connectivity index (χ3n) is 5.34. The van der Waals surface area contributed by atoms with Gasteiger partial charge in [0, 0.05) is 5.57 Å². The van der Waals surface area contributed by atoms with Gasteiger partial charge in [-0.15, -0.1) is 0 Å². The summed E-state index contributed by atoms with van der Waals surface area (Å²) in [5.74, 6) is 0.952. The van der Waals surface area contributed by atoms with Crippen LogP contribution < -0.4 is 4.74 Å². The molecule has 0 amide bonds. The van der Waals surface area contributed by atoms with E-state index in [4.69, 9.17) is 4.74 Å². The van der Waals surface area contributed by atoms with Crippen molar-refractivity contribution in [2.24, 2.45) is 5.92 Å². The molecule has 1 aliphatic rings. The molecule has 2 rings (SSSR count). The number of hydrogen-bond acceptors (Lipinski definition) is 2. The van der Waals surface area contributed by atoms with Gasteiger partial charge in [0.2, 0.25) is 0 Å². The van der Waals surface area contributed by atoms with E-state index in [0.29, 0.717) is 11.5 Å². The summed E-state index contributed by atoms with van der Waals surface area (Å²) in [5, 5.41) is 9.28. The van der Waals surface area contributed by atoms with Crippen molar-refractivity contribution in [2.75, 3.05) is 6.61 Å². The van der Waals surface area contributed by atoms with Crippen LogP contribution in [-0.4, -0.2) is 17.7 Å². The topological polar surface area (TPSA) is 46.5 Å². The van der Waals surface area contributed by atoms with Crippen molar-refractivity contribution in [2.45, 2.75) is 71.1 Å². The molecule has 0 saturated heterocycles. The average molecular weight is 344 g/mol. The lowest BCUT2D eigenvalue weighted by atomic mass is 9.76. The van der Waals surface area contributed by atoms with Crippen LogP contribution in [0.4, 0.5) is 0 Å². The van der Waals surface area contributed by atoms with E-state index in [2.05, 4.69) is 31.2 Å². The van der Waals surface area contributed by atoms with E-state index in [1.807, 2.05) is 6.92 Å². The van der Waals surface area contributed by atoms with Gasteiger partial charge in [0.1, 0.15) is 5.75 Å². The first-order valence-electron chi connectivity index (χ1n) is 9.78. The first kappa shape index (κ1) is 19.6. The zero-order chi connectivity index (χ0) is 18.1. The number of carboxylic acids is 1. The number of benzene rings is 1. The number of aliphatic carboxylic acids is 1. The largest absolute Gasteiger partial charge is 0.494 e. The van der Waals surface area contributed by atoms with Crippen molar-refractivity contribution in [1.82, 2.24) is 0 Å². The van der Waals surface area contributed by atoms with Crippen LogP contribution in [0.25, 0.3) is 0 Å². The van der Waals surface area contributed by atoms with Crippen molar-refractivity contribution >= 4 is 5.97 Å². The van der Waals surface area contributed by atoms with Crippen molar-refractivity contribution < 1.29 is 14.6 Å². The van der Waals surface area contributed by atoms with E-state index in [9.17, 15) is 9.90 Å². The Bertz CT molecular complexity index is 551. The number of unbranched alkanes of at least 4 members (excludes halogenated alkanes) is 3. The van der Waals surface area contributed by atoms with Gasteiger partial charge in [0.05, 0.1) is 6.61 Å². The van der Waals surface area contributed by atoms with Crippen LogP contribution in [0.15, 0.2) is 35.9 Å². The Hall–Kier alpha value is -1.77. The average Bonchev–Trinajstić information content (AvgIpc) is 2.63. The SMILES string of the molecule is CC=C(C(=O)O)[C@H]1CC[C@H](c2ccc(OCCCCCC)cc2)CC1.